The van der Waals surface area contributed by atoms with Gasteiger partial charge in [-0.25, -0.2) is 0 Å². The predicted molar refractivity (Wildman–Crippen MR) is 95.0 cm³/mol. The Morgan fingerprint density at radius 1 is 0.773 bits per heavy atom. The molecule has 0 aliphatic rings. The molecule has 3 heteroatoms. The second-order valence-electron chi connectivity index (χ2n) is 6.27. The summed E-state index contributed by atoms with van der Waals surface area (Å²) in [4.78, 5) is 0. The molecule has 3 N–H and O–H groups in total. The fraction of sp³-hybridized carbons (Fsp3) is 0.368. The second-order valence-corrected chi connectivity index (χ2v) is 6.27. The van der Waals surface area contributed by atoms with Crippen molar-refractivity contribution in [2.24, 2.45) is 5.92 Å². The summed E-state index contributed by atoms with van der Waals surface area (Å²) in [5.41, 5.74) is 3.14. The number of nitrogens with one attached hydrogen (secondary N) is 2. The van der Waals surface area contributed by atoms with E-state index in [1.54, 1.807) is 12.1 Å². The molecule has 118 valence electrons. The molecule has 2 aromatic carbocycles. The van der Waals surface area contributed by atoms with Gasteiger partial charge in [0.05, 0.1) is 0 Å². The van der Waals surface area contributed by atoms with E-state index in [2.05, 4.69) is 55.7 Å². The topological polar surface area (TPSA) is 44.3 Å². The van der Waals surface area contributed by atoms with Crippen molar-refractivity contribution in [1.29, 1.82) is 0 Å². The van der Waals surface area contributed by atoms with Crippen molar-refractivity contribution in [1.82, 2.24) is 0 Å². The van der Waals surface area contributed by atoms with Crippen LogP contribution in [0.1, 0.15) is 33.6 Å². The molecule has 1 unspecified atom stereocenters. The van der Waals surface area contributed by atoms with E-state index in [1.807, 2.05) is 12.1 Å². The number of hydrogen-bond donors (Lipinski definition) is 3. The fourth-order valence-corrected chi connectivity index (χ4v) is 2.30. The van der Waals surface area contributed by atoms with Gasteiger partial charge in [0.25, 0.3) is 0 Å². The molecule has 0 aromatic heterocycles. The third kappa shape index (κ3) is 5.32. The van der Waals surface area contributed by atoms with Crippen LogP contribution in [0.3, 0.4) is 0 Å². The van der Waals surface area contributed by atoms with Crippen LogP contribution in [0.2, 0.25) is 0 Å². The van der Waals surface area contributed by atoms with Gasteiger partial charge >= 0.3 is 0 Å². The minimum atomic E-state index is 0.278. The van der Waals surface area contributed by atoms with Crippen LogP contribution in [0.25, 0.3) is 0 Å². The zero-order chi connectivity index (χ0) is 15.9. The first-order chi connectivity index (χ1) is 10.5. The number of hydrogen-bond acceptors (Lipinski definition) is 3. The highest BCUT2D eigenvalue weighted by Gasteiger charge is 2.04. The quantitative estimate of drug-likeness (QED) is 0.602. The summed E-state index contributed by atoms with van der Waals surface area (Å²) in [5, 5.41) is 16.1. The van der Waals surface area contributed by atoms with Crippen molar-refractivity contribution in [2.45, 2.75) is 39.7 Å². The predicted octanol–water partition coefficient (Wildman–Crippen LogP) is 5.37. The van der Waals surface area contributed by atoms with E-state index < -0.39 is 0 Å². The molecule has 0 aliphatic carbocycles. The Hall–Kier alpha value is -2.16. The van der Waals surface area contributed by atoms with Crippen LogP contribution in [0.15, 0.2) is 48.5 Å². The van der Waals surface area contributed by atoms with Crippen molar-refractivity contribution < 1.29 is 5.11 Å². The van der Waals surface area contributed by atoms with Crippen LogP contribution in [0.5, 0.6) is 5.75 Å². The molecule has 22 heavy (non-hydrogen) atoms. The van der Waals surface area contributed by atoms with Gasteiger partial charge in [0.1, 0.15) is 5.75 Å². The van der Waals surface area contributed by atoms with E-state index in [0.717, 1.165) is 23.0 Å². The van der Waals surface area contributed by atoms with Gasteiger partial charge in [-0.2, -0.15) is 0 Å². The lowest BCUT2D eigenvalue weighted by atomic mass is 10.0. The van der Waals surface area contributed by atoms with E-state index in [4.69, 9.17) is 0 Å². The first-order valence-corrected chi connectivity index (χ1v) is 7.95. The highest BCUT2D eigenvalue weighted by Crippen LogP contribution is 2.21. The Morgan fingerprint density at radius 2 is 1.27 bits per heavy atom. The zero-order valence-corrected chi connectivity index (χ0v) is 13.6. The van der Waals surface area contributed by atoms with Crippen molar-refractivity contribution >= 4 is 17.1 Å². The molecule has 0 amide bonds. The zero-order valence-electron chi connectivity index (χ0n) is 13.6. The van der Waals surface area contributed by atoms with Crippen LogP contribution in [0, 0.1) is 5.92 Å². The standard InChI is InChI=1S/C19H26N2O/c1-14(2)4-5-15(3)20-16-6-8-17(9-7-16)21-18-10-12-19(22)13-11-18/h6-15,20-22H,4-5H2,1-3H3. The molecule has 0 heterocycles. The molecule has 3 nitrogen and oxygen atoms in total. The molecular weight excluding hydrogens is 272 g/mol. The lowest BCUT2D eigenvalue weighted by Crippen LogP contribution is -2.15. The number of phenolic OH excluding ortho intramolecular Hbond substituents is 1. The summed E-state index contributed by atoms with van der Waals surface area (Å²) >= 11 is 0. The largest absolute Gasteiger partial charge is 0.508 e. The maximum atomic E-state index is 9.28. The van der Waals surface area contributed by atoms with E-state index >= 15 is 0 Å². The average Bonchev–Trinajstić information content (AvgIpc) is 2.49. The monoisotopic (exact) mass is 298 g/mol. The number of anilines is 3. The first-order valence-electron chi connectivity index (χ1n) is 7.95. The lowest BCUT2D eigenvalue weighted by molar-refractivity contribution is 0.475. The molecule has 0 saturated heterocycles. The Kier molecular flexibility index (Phi) is 5.70. The molecule has 0 saturated carbocycles. The molecule has 0 spiro atoms. The number of benzene rings is 2. The van der Waals surface area contributed by atoms with Crippen LogP contribution >= 0.6 is 0 Å². The molecule has 1 atom stereocenters. The van der Waals surface area contributed by atoms with Gasteiger partial charge in [0, 0.05) is 23.1 Å². The third-order valence-corrected chi connectivity index (χ3v) is 3.63. The van der Waals surface area contributed by atoms with E-state index in [9.17, 15) is 5.11 Å². The van der Waals surface area contributed by atoms with Gasteiger partial charge in [0.2, 0.25) is 0 Å². The van der Waals surface area contributed by atoms with E-state index in [0.29, 0.717) is 6.04 Å². The van der Waals surface area contributed by atoms with Crippen molar-refractivity contribution in [2.75, 3.05) is 10.6 Å². The van der Waals surface area contributed by atoms with Gasteiger partial charge in [-0.15, -0.1) is 0 Å². The van der Waals surface area contributed by atoms with Crippen LogP contribution in [-0.4, -0.2) is 11.1 Å². The molecule has 0 bridgehead atoms. The number of rotatable bonds is 7. The van der Waals surface area contributed by atoms with Gasteiger partial charge in [-0.05, 0) is 74.2 Å². The Morgan fingerprint density at radius 3 is 1.82 bits per heavy atom. The van der Waals surface area contributed by atoms with Crippen LogP contribution in [-0.2, 0) is 0 Å². The summed E-state index contributed by atoms with van der Waals surface area (Å²) < 4.78 is 0. The van der Waals surface area contributed by atoms with E-state index in [1.165, 1.54) is 12.8 Å². The maximum Gasteiger partial charge on any atom is 0.115 e. The first kappa shape index (κ1) is 16.2. The van der Waals surface area contributed by atoms with Crippen molar-refractivity contribution in [3.05, 3.63) is 48.5 Å². The summed E-state index contributed by atoms with van der Waals surface area (Å²) in [7, 11) is 0. The Bertz CT molecular complexity index is 561. The SMILES string of the molecule is CC(C)CCC(C)Nc1ccc(Nc2ccc(O)cc2)cc1. The minimum absolute atomic E-state index is 0.278. The number of aromatic hydroxyl groups is 1. The average molecular weight is 298 g/mol. The molecule has 0 aliphatic heterocycles. The second kappa shape index (κ2) is 7.74. The summed E-state index contributed by atoms with van der Waals surface area (Å²) in [6.45, 7) is 6.75. The Balaban J connectivity index is 1.88. The smallest absolute Gasteiger partial charge is 0.115 e. The number of phenols is 1. The molecule has 2 rings (SSSR count). The van der Waals surface area contributed by atoms with Crippen molar-refractivity contribution in [3.8, 4) is 5.75 Å². The highest BCUT2D eigenvalue weighted by atomic mass is 16.3. The molecule has 2 aromatic rings. The molecule has 0 fully saturated rings. The highest BCUT2D eigenvalue weighted by molar-refractivity contribution is 5.63. The minimum Gasteiger partial charge on any atom is -0.508 e. The van der Waals surface area contributed by atoms with E-state index in [-0.39, 0.29) is 5.75 Å². The molecule has 0 radical (unpaired) electrons. The third-order valence-electron chi connectivity index (χ3n) is 3.63. The Labute approximate surface area is 133 Å². The lowest BCUT2D eigenvalue weighted by Gasteiger charge is -2.17. The normalized spacial score (nSPS) is 12.2. The molecular formula is C19H26N2O. The maximum absolute atomic E-state index is 9.28. The van der Waals surface area contributed by atoms with Crippen LogP contribution < -0.4 is 10.6 Å². The van der Waals surface area contributed by atoms with Gasteiger partial charge < -0.3 is 15.7 Å². The van der Waals surface area contributed by atoms with Gasteiger partial charge in [-0.1, -0.05) is 13.8 Å². The fourth-order valence-electron chi connectivity index (χ4n) is 2.30. The summed E-state index contributed by atoms with van der Waals surface area (Å²) in [6.07, 6.45) is 2.43. The van der Waals surface area contributed by atoms with Crippen molar-refractivity contribution in [3.63, 3.8) is 0 Å². The van der Waals surface area contributed by atoms with Crippen LogP contribution in [0.4, 0.5) is 17.1 Å². The van der Waals surface area contributed by atoms with Gasteiger partial charge in [0.15, 0.2) is 0 Å². The van der Waals surface area contributed by atoms with Gasteiger partial charge in [-0.3, -0.25) is 0 Å². The summed E-state index contributed by atoms with van der Waals surface area (Å²) in [6, 6.07) is 15.9. The summed E-state index contributed by atoms with van der Waals surface area (Å²) in [5.74, 6) is 1.03.